The van der Waals surface area contributed by atoms with E-state index in [2.05, 4.69) is 10.1 Å². The van der Waals surface area contributed by atoms with Crippen LogP contribution in [0.5, 0.6) is 5.75 Å². The number of methoxy groups -OCH3 is 1. The standard InChI is InChI=1S/C15H16F3NO3/c1-4-10-14(15(16,17)18,13(20)22-5-2)19-11-6-8-12(21-3)9-7-11/h1,6-9,19H,5,10H2,2-3H3. The average molecular weight is 315 g/mol. The summed E-state index contributed by atoms with van der Waals surface area (Å²) in [4.78, 5) is 11.9. The van der Waals surface area contributed by atoms with E-state index in [0.29, 0.717) is 5.75 Å². The highest BCUT2D eigenvalue weighted by molar-refractivity contribution is 5.86. The number of hydrogen-bond donors (Lipinski definition) is 1. The largest absolute Gasteiger partial charge is 0.497 e. The lowest BCUT2D eigenvalue weighted by molar-refractivity contribution is -0.199. The second-order valence-electron chi connectivity index (χ2n) is 4.36. The molecule has 1 N–H and O–H groups in total. The fourth-order valence-corrected chi connectivity index (χ4v) is 1.78. The molecule has 0 aliphatic rings. The summed E-state index contributed by atoms with van der Waals surface area (Å²) in [6, 6.07) is 5.64. The van der Waals surface area contributed by atoms with Gasteiger partial charge in [0.2, 0.25) is 5.54 Å². The van der Waals surface area contributed by atoms with Crippen LogP contribution >= 0.6 is 0 Å². The fraction of sp³-hybridized carbons (Fsp3) is 0.400. The molecule has 0 saturated carbocycles. The lowest BCUT2D eigenvalue weighted by Gasteiger charge is -2.33. The first-order valence-electron chi connectivity index (χ1n) is 6.40. The average Bonchev–Trinajstić information content (AvgIpc) is 2.46. The lowest BCUT2D eigenvalue weighted by atomic mass is 9.94. The first kappa shape index (κ1) is 17.7. The van der Waals surface area contributed by atoms with Crippen LogP contribution in [-0.2, 0) is 9.53 Å². The van der Waals surface area contributed by atoms with Gasteiger partial charge in [-0.2, -0.15) is 13.2 Å². The normalized spacial score (nSPS) is 13.6. The topological polar surface area (TPSA) is 47.6 Å². The highest BCUT2D eigenvalue weighted by Crippen LogP contribution is 2.37. The van der Waals surface area contributed by atoms with E-state index >= 15 is 0 Å². The molecule has 1 atom stereocenters. The molecule has 0 radical (unpaired) electrons. The number of hydrogen-bond acceptors (Lipinski definition) is 4. The van der Waals surface area contributed by atoms with Crippen molar-refractivity contribution in [1.82, 2.24) is 0 Å². The number of ether oxygens (including phenoxy) is 2. The van der Waals surface area contributed by atoms with Crippen molar-refractivity contribution in [2.75, 3.05) is 19.0 Å². The highest BCUT2D eigenvalue weighted by Gasteiger charge is 2.61. The number of carbonyl (C=O) groups is 1. The third-order valence-corrected chi connectivity index (χ3v) is 2.92. The number of alkyl halides is 3. The van der Waals surface area contributed by atoms with Crippen molar-refractivity contribution in [2.24, 2.45) is 0 Å². The monoisotopic (exact) mass is 315 g/mol. The second-order valence-corrected chi connectivity index (χ2v) is 4.36. The molecule has 0 aliphatic carbocycles. The summed E-state index contributed by atoms with van der Waals surface area (Å²) in [5.74, 6) is 0.896. The van der Waals surface area contributed by atoms with Gasteiger partial charge in [-0.15, -0.1) is 12.3 Å². The van der Waals surface area contributed by atoms with E-state index in [0.717, 1.165) is 0 Å². The molecule has 4 nitrogen and oxygen atoms in total. The van der Waals surface area contributed by atoms with Gasteiger partial charge in [0.25, 0.3) is 0 Å². The molecular weight excluding hydrogens is 299 g/mol. The number of halogens is 3. The maximum absolute atomic E-state index is 13.5. The number of esters is 1. The van der Waals surface area contributed by atoms with Crippen LogP contribution in [-0.4, -0.2) is 31.4 Å². The Morgan fingerprint density at radius 3 is 2.32 bits per heavy atom. The molecule has 0 heterocycles. The Kier molecular flexibility index (Phi) is 5.69. The van der Waals surface area contributed by atoms with Crippen LogP contribution in [0.25, 0.3) is 0 Å². The van der Waals surface area contributed by atoms with Gasteiger partial charge in [-0.1, -0.05) is 0 Å². The molecule has 1 aromatic carbocycles. The predicted molar refractivity (Wildman–Crippen MR) is 75.5 cm³/mol. The van der Waals surface area contributed by atoms with Gasteiger partial charge in [-0.05, 0) is 31.2 Å². The zero-order chi connectivity index (χ0) is 16.8. The Balaban J connectivity index is 3.23. The predicted octanol–water partition coefficient (Wildman–Crippen LogP) is 2.99. The van der Waals surface area contributed by atoms with E-state index in [1.54, 1.807) is 0 Å². The summed E-state index contributed by atoms with van der Waals surface area (Å²) in [6.45, 7) is 1.23. The van der Waals surface area contributed by atoms with Crippen molar-refractivity contribution in [3.05, 3.63) is 24.3 Å². The molecule has 1 unspecified atom stereocenters. The zero-order valence-electron chi connectivity index (χ0n) is 12.2. The lowest BCUT2D eigenvalue weighted by Crippen LogP contribution is -2.58. The van der Waals surface area contributed by atoms with Crippen LogP contribution in [0, 0.1) is 12.3 Å². The molecule has 0 fully saturated rings. The van der Waals surface area contributed by atoms with E-state index in [9.17, 15) is 18.0 Å². The number of benzene rings is 1. The Labute approximate surface area is 126 Å². The molecule has 0 bridgehead atoms. The number of rotatable bonds is 6. The number of terminal acetylenes is 1. The van der Waals surface area contributed by atoms with E-state index in [-0.39, 0.29) is 12.3 Å². The van der Waals surface area contributed by atoms with Crippen LogP contribution in [0.3, 0.4) is 0 Å². The van der Waals surface area contributed by atoms with Gasteiger partial charge in [0.1, 0.15) is 5.75 Å². The molecule has 120 valence electrons. The van der Waals surface area contributed by atoms with Crippen LogP contribution in [0.15, 0.2) is 24.3 Å². The van der Waals surface area contributed by atoms with Gasteiger partial charge in [0, 0.05) is 5.69 Å². The Morgan fingerprint density at radius 2 is 1.91 bits per heavy atom. The quantitative estimate of drug-likeness (QED) is 0.647. The van der Waals surface area contributed by atoms with Gasteiger partial charge in [0.05, 0.1) is 20.1 Å². The van der Waals surface area contributed by atoms with Gasteiger partial charge >= 0.3 is 12.1 Å². The molecule has 0 saturated heterocycles. The minimum absolute atomic E-state index is 0.0708. The summed E-state index contributed by atoms with van der Waals surface area (Å²) < 4.78 is 49.9. The molecule has 22 heavy (non-hydrogen) atoms. The van der Waals surface area contributed by atoms with Gasteiger partial charge < -0.3 is 14.8 Å². The molecule has 1 rings (SSSR count). The maximum Gasteiger partial charge on any atom is 0.423 e. The minimum atomic E-state index is -4.93. The molecule has 7 heteroatoms. The van der Waals surface area contributed by atoms with Crippen LogP contribution in [0.1, 0.15) is 13.3 Å². The summed E-state index contributed by atoms with van der Waals surface area (Å²) in [7, 11) is 1.43. The molecule has 1 aromatic rings. The molecular formula is C15H16F3NO3. The first-order chi connectivity index (χ1) is 10.3. The van der Waals surface area contributed by atoms with E-state index in [4.69, 9.17) is 11.2 Å². The Bertz CT molecular complexity index is 549. The summed E-state index contributed by atoms with van der Waals surface area (Å²) in [5, 5.41) is 2.17. The Hall–Kier alpha value is -2.36. The third kappa shape index (κ3) is 3.64. The SMILES string of the molecule is C#CCC(Nc1ccc(OC)cc1)(C(=O)OCC)C(F)(F)F. The minimum Gasteiger partial charge on any atom is -0.497 e. The van der Waals surface area contributed by atoms with E-state index in [1.807, 2.05) is 5.92 Å². The van der Waals surface area contributed by atoms with Crippen molar-refractivity contribution < 1.29 is 27.4 Å². The number of carbonyl (C=O) groups excluding carboxylic acids is 1. The van der Waals surface area contributed by atoms with Gasteiger partial charge in [-0.25, -0.2) is 4.79 Å². The summed E-state index contributed by atoms with van der Waals surface area (Å²) in [5.41, 5.74) is -2.92. The van der Waals surface area contributed by atoms with Crippen LogP contribution < -0.4 is 10.1 Å². The van der Waals surface area contributed by atoms with Gasteiger partial charge in [0.15, 0.2) is 0 Å². The third-order valence-electron chi connectivity index (χ3n) is 2.92. The van der Waals surface area contributed by atoms with Crippen molar-refractivity contribution >= 4 is 11.7 Å². The van der Waals surface area contributed by atoms with Gasteiger partial charge in [-0.3, -0.25) is 0 Å². The van der Waals surface area contributed by atoms with E-state index < -0.39 is 24.1 Å². The number of anilines is 1. The summed E-state index contributed by atoms with van der Waals surface area (Å²) >= 11 is 0. The molecule has 0 aliphatic heterocycles. The van der Waals surface area contributed by atoms with Crippen molar-refractivity contribution in [3.63, 3.8) is 0 Å². The maximum atomic E-state index is 13.5. The second kappa shape index (κ2) is 7.07. The molecule has 0 spiro atoms. The Morgan fingerprint density at radius 1 is 1.32 bits per heavy atom. The zero-order valence-corrected chi connectivity index (χ0v) is 12.2. The molecule has 0 aromatic heterocycles. The smallest absolute Gasteiger partial charge is 0.423 e. The highest BCUT2D eigenvalue weighted by atomic mass is 19.4. The van der Waals surface area contributed by atoms with Crippen LogP contribution in [0.4, 0.5) is 18.9 Å². The van der Waals surface area contributed by atoms with Crippen molar-refractivity contribution in [3.8, 4) is 18.1 Å². The van der Waals surface area contributed by atoms with E-state index in [1.165, 1.54) is 38.3 Å². The van der Waals surface area contributed by atoms with Crippen molar-refractivity contribution in [2.45, 2.75) is 25.1 Å². The van der Waals surface area contributed by atoms with Crippen molar-refractivity contribution in [1.29, 1.82) is 0 Å². The molecule has 0 amide bonds. The van der Waals surface area contributed by atoms with Crippen LogP contribution in [0.2, 0.25) is 0 Å². The number of nitrogens with one attached hydrogen (secondary N) is 1. The fourth-order valence-electron chi connectivity index (χ4n) is 1.78. The first-order valence-corrected chi connectivity index (χ1v) is 6.40. The summed E-state index contributed by atoms with van der Waals surface area (Å²) in [6.07, 6.45) is -0.786.